The maximum atomic E-state index is 12.9. The molecule has 0 aliphatic rings. The van der Waals surface area contributed by atoms with Crippen LogP contribution >= 0.6 is 0 Å². The average molecular weight is 1080 g/mol. The van der Waals surface area contributed by atoms with Gasteiger partial charge in [-0.05, 0) is 148 Å². The summed E-state index contributed by atoms with van der Waals surface area (Å²) in [6, 6.07) is 0. The Labute approximate surface area is 484 Å². The fraction of sp³-hybridized carbons (Fsp3) is 0.521. The molecule has 1 atom stereocenters. The molecule has 0 saturated carbocycles. The normalized spacial score (nSPS) is 13.5. The molecule has 1 unspecified atom stereocenters. The van der Waals surface area contributed by atoms with Gasteiger partial charge in [0.15, 0.2) is 6.10 Å². The highest BCUT2D eigenvalue weighted by Gasteiger charge is 2.19. The van der Waals surface area contributed by atoms with Crippen molar-refractivity contribution in [2.75, 3.05) is 13.2 Å². The summed E-state index contributed by atoms with van der Waals surface area (Å²) in [7, 11) is 0. The van der Waals surface area contributed by atoms with E-state index in [0.717, 1.165) is 141 Å². The van der Waals surface area contributed by atoms with Crippen molar-refractivity contribution in [2.45, 2.75) is 232 Å². The molecule has 79 heavy (non-hydrogen) atoms. The Bertz CT molecular complexity index is 1920. The Balaban J connectivity index is 4.54. The maximum Gasteiger partial charge on any atom is 0.306 e. The monoisotopic (exact) mass is 1080 g/mol. The maximum absolute atomic E-state index is 12.9. The van der Waals surface area contributed by atoms with Gasteiger partial charge >= 0.3 is 17.9 Å². The fourth-order valence-electron chi connectivity index (χ4n) is 7.57. The van der Waals surface area contributed by atoms with Crippen molar-refractivity contribution in [1.29, 1.82) is 0 Å². The van der Waals surface area contributed by atoms with Crippen molar-refractivity contribution >= 4 is 17.9 Å². The van der Waals surface area contributed by atoms with E-state index < -0.39 is 12.1 Å². The van der Waals surface area contributed by atoms with Crippen molar-refractivity contribution in [1.82, 2.24) is 0 Å². The lowest BCUT2D eigenvalue weighted by molar-refractivity contribution is -0.167. The number of hydrogen-bond donors (Lipinski definition) is 0. The Hall–Kier alpha value is -5.75. The molecule has 0 radical (unpaired) electrons. The van der Waals surface area contributed by atoms with Crippen molar-refractivity contribution in [3.8, 4) is 0 Å². The lowest BCUT2D eigenvalue weighted by Crippen LogP contribution is -2.30. The standard InChI is InChI=1S/C73H110O6/c1-4-7-10-13-16-19-22-25-28-31-32-33-34-35-36-37-38-39-40-43-45-48-51-54-57-60-63-66-72(75)78-69-70(79-73(76)67-64-61-58-55-52-49-46-42-30-27-24-21-18-15-12-9-6-3)68-77-71(74)65-62-59-56-53-50-47-44-41-29-26-23-20-17-14-11-8-5-2/h7-12,16-21,25-30,32-33,35-36,38-39,44,46-47,49,53,55-56,58,70H,4-6,13-15,22-24,31,34,37,40-43,45,48,50-52,54,57,59-69H2,1-3H3/b10-7-,11-8-,12-9-,19-16-,20-17-,21-18-,28-25-,29-26-,30-27-,33-32-,36-35-,39-38-,47-44-,49-46-,56-53-,58-55-. The molecule has 0 aromatic rings. The average Bonchev–Trinajstić information content (AvgIpc) is 3.45. The summed E-state index contributed by atoms with van der Waals surface area (Å²) in [6.07, 6.45) is 98.7. The minimum atomic E-state index is -0.848. The molecule has 0 aromatic heterocycles. The van der Waals surface area contributed by atoms with Gasteiger partial charge in [-0.3, -0.25) is 14.4 Å². The van der Waals surface area contributed by atoms with Crippen molar-refractivity contribution in [2.24, 2.45) is 0 Å². The molecule has 0 aliphatic carbocycles. The van der Waals surface area contributed by atoms with Crippen LogP contribution < -0.4 is 0 Å². The van der Waals surface area contributed by atoms with E-state index in [1.807, 2.05) is 0 Å². The number of esters is 3. The molecule has 0 bridgehead atoms. The number of allylic oxidation sites excluding steroid dienone is 32. The van der Waals surface area contributed by atoms with E-state index >= 15 is 0 Å². The van der Waals surface area contributed by atoms with Crippen molar-refractivity contribution in [3.63, 3.8) is 0 Å². The van der Waals surface area contributed by atoms with E-state index in [2.05, 4.69) is 215 Å². The third kappa shape index (κ3) is 63.0. The van der Waals surface area contributed by atoms with Gasteiger partial charge < -0.3 is 14.2 Å². The predicted molar refractivity (Wildman–Crippen MR) is 343 cm³/mol. The zero-order valence-corrected chi connectivity index (χ0v) is 50.0. The largest absolute Gasteiger partial charge is 0.462 e. The Kier molecular flexibility index (Phi) is 60.1. The van der Waals surface area contributed by atoms with Crippen LogP contribution in [-0.4, -0.2) is 37.2 Å². The summed E-state index contributed by atoms with van der Waals surface area (Å²) in [5.41, 5.74) is 0. The van der Waals surface area contributed by atoms with Crippen LogP contribution in [0.5, 0.6) is 0 Å². The third-order valence-corrected chi connectivity index (χ3v) is 12.1. The number of carbonyl (C=O) groups is 3. The first-order valence-electron chi connectivity index (χ1n) is 30.9. The van der Waals surface area contributed by atoms with Crippen LogP contribution in [0.3, 0.4) is 0 Å². The minimum Gasteiger partial charge on any atom is -0.462 e. The first-order valence-corrected chi connectivity index (χ1v) is 30.9. The van der Waals surface area contributed by atoms with Gasteiger partial charge in [-0.1, -0.05) is 254 Å². The predicted octanol–water partition coefficient (Wildman–Crippen LogP) is 21.4. The van der Waals surface area contributed by atoms with Gasteiger partial charge in [-0.25, -0.2) is 0 Å². The number of hydrogen-bond acceptors (Lipinski definition) is 6. The summed E-state index contributed by atoms with van der Waals surface area (Å²) in [5.74, 6) is -1.07. The zero-order chi connectivity index (χ0) is 57.1. The van der Waals surface area contributed by atoms with Crippen LogP contribution in [-0.2, 0) is 28.6 Å². The molecule has 0 saturated heterocycles. The Morgan fingerprint density at radius 2 is 0.468 bits per heavy atom. The van der Waals surface area contributed by atoms with E-state index in [1.165, 1.54) is 32.1 Å². The number of ether oxygens (including phenoxy) is 3. The van der Waals surface area contributed by atoms with Crippen LogP contribution in [0.2, 0.25) is 0 Å². The Morgan fingerprint density at radius 1 is 0.253 bits per heavy atom. The molecule has 0 aromatic carbocycles. The van der Waals surface area contributed by atoms with E-state index in [4.69, 9.17) is 14.2 Å². The highest BCUT2D eigenvalue weighted by Crippen LogP contribution is 2.13. The summed E-state index contributed by atoms with van der Waals surface area (Å²) in [5, 5.41) is 0. The van der Waals surface area contributed by atoms with Crippen LogP contribution in [0.15, 0.2) is 194 Å². The minimum absolute atomic E-state index is 0.134. The van der Waals surface area contributed by atoms with Crippen LogP contribution in [0.1, 0.15) is 226 Å². The fourth-order valence-corrected chi connectivity index (χ4v) is 7.57. The van der Waals surface area contributed by atoms with E-state index in [0.29, 0.717) is 19.3 Å². The molecular formula is C73H110O6. The topological polar surface area (TPSA) is 78.9 Å². The first-order chi connectivity index (χ1) is 39.0. The third-order valence-electron chi connectivity index (χ3n) is 12.1. The number of rotatable bonds is 53. The van der Waals surface area contributed by atoms with E-state index in [1.54, 1.807) is 0 Å². The van der Waals surface area contributed by atoms with Gasteiger partial charge in [-0.2, -0.15) is 0 Å². The highest BCUT2D eigenvalue weighted by molar-refractivity contribution is 5.71. The van der Waals surface area contributed by atoms with Gasteiger partial charge in [0.25, 0.3) is 0 Å². The molecule has 0 N–H and O–H groups in total. The lowest BCUT2D eigenvalue weighted by atomic mass is 10.1. The molecule has 438 valence electrons. The molecule has 6 heteroatoms. The lowest BCUT2D eigenvalue weighted by Gasteiger charge is -2.18. The van der Waals surface area contributed by atoms with Gasteiger partial charge in [0.2, 0.25) is 0 Å². The second-order valence-corrected chi connectivity index (χ2v) is 19.5. The number of unbranched alkanes of at least 4 members (excludes halogenated alkanes) is 10. The summed E-state index contributed by atoms with van der Waals surface area (Å²) >= 11 is 0. The molecule has 0 amide bonds. The van der Waals surface area contributed by atoms with E-state index in [-0.39, 0.29) is 38.0 Å². The summed E-state index contributed by atoms with van der Waals surface area (Å²) in [6.45, 7) is 6.17. The molecule has 0 rings (SSSR count). The van der Waals surface area contributed by atoms with Crippen LogP contribution in [0.25, 0.3) is 0 Å². The van der Waals surface area contributed by atoms with Gasteiger partial charge in [0.1, 0.15) is 13.2 Å². The second-order valence-electron chi connectivity index (χ2n) is 19.5. The van der Waals surface area contributed by atoms with E-state index in [9.17, 15) is 14.4 Å². The van der Waals surface area contributed by atoms with Crippen LogP contribution in [0.4, 0.5) is 0 Å². The molecule has 0 fully saturated rings. The van der Waals surface area contributed by atoms with Gasteiger partial charge in [0.05, 0.1) is 0 Å². The summed E-state index contributed by atoms with van der Waals surface area (Å²) < 4.78 is 16.8. The van der Waals surface area contributed by atoms with Crippen LogP contribution in [0, 0.1) is 0 Å². The quantitative estimate of drug-likeness (QED) is 0.0261. The SMILES string of the molecule is CC/C=C\C/C=C\C/C=C\C/C=C\C/C=C\C/C=C\CCCCCCCCCCC(=O)OCC(COC(=O)CCC/C=C\C/C=C\C/C=C\C/C=C\C/C=C\CC)OC(=O)CCC/C=C\C/C=C\C/C=C\C/C=C\C/C=C\CC. The van der Waals surface area contributed by atoms with Crippen molar-refractivity contribution in [3.05, 3.63) is 194 Å². The molecule has 0 aliphatic heterocycles. The van der Waals surface area contributed by atoms with Gasteiger partial charge in [-0.15, -0.1) is 0 Å². The molecule has 0 spiro atoms. The molecule has 6 nitrogen and oxygen atoms in total. The molecular weight excluding hydrogens is 973 g/mol. The summed E-state index contributed by atoms with van der Waals surface area (Å²) in [4.78, 5) is 38.3. The number of carbonyl (C=O) groups excluding carboxylic acids is 3. The highest BCUT2D eigenvalue weighted by atomic mass is 16.6. The van der Waals surface area contributed by atoms with Crippen molar-refractivity contribution < 1.29 is 28.6 Å². The Morgan fingerprint density at radius 3 is 0.759 bits per heavy atom. The second kappa shape index (κ2) is 64.8. The molecule has 0 heterocycles. The first kappa shape index (κ1) is 73.2. The van der Waals surface area contributed by atoms with Gasteiger partial charge in [0, 0.05) is 19.3 Å². The smallest absolute Gasteiger partial charge is 0.306 e. The zero-order valence-electron chi connectivity index (χ0n) is 50.0.